The van der Waals surface area contributed by atoms with Crippen LogP contribution in [-0.2, 0) is 4.57 Å². The molecule has 0 heterocycles. The molecule has 0 aromatic heterocycles. The largest absolute Gasteiger partial charge is 0.319 e. The Labute approximate surface area is 101 Å². The molecule has 0 fully saturated rings. The minimum atomic E-state index is -2.30. The molecule has 0 radical (unpaired) electrons. The van der Waals surface area contributed by atoms with Crippen LogP contribution in [0.5, 0.6) is 0 Å². The zero-order valence-electron chi connectivity index (χ0n) is 9.85. The van der Waals surface area contributed by atoms with E-state index in [2.05, 4.69) is 0 Å². The summed E-state index contributed by atoms with van der Waals surface area (Å²) in [7, 11) is -2.30. The fraction of sp³-hybridized carbons (Fsp3) is 0.143. The fourth-order valence-corrected chi connectivity index (χ4v) is 2.60. The molecule has 0 saturated carbocycles. The lowest BCUT2D eigenvalue weighted by molar-refractivity contribution is 0.588. The molecule has 0 amide bonds. The molecule has 2 rings (SSSR count). The lowest BCUT2D eigenvalue weighted by atomic mass is 10.1. The molecule has 2 aromatic rings. The Kier molecular flexibility index (Phi) is 3.17. The molecule has 0 bridgehead atoms. The van der Waals surface area contributed by atoms with E-state index in [0.717, 1.165) is 10.9 Å². The van der Waals surface area contributed by atoms with Gasteiger partial charge < -0.3 is 4.57 Å². The topological polar surface area (TPSA) is 17.1 Å². The predicted octanol–water partition coefficient (Wildman–Crippen LogP) is 3.74. The molecule has 0 aliphatic heterocycles. The van der Waals surface area contributed by atoms with Crippen molar-refractivity contribution in [2.24, 2.45) is 0 Å². The Morgan fingerprint density at radius 1 is 1.00 bits per heavy atom. The molecule has 0 saturated heterocycles. The predicted molar refractivity (Wildman–Crippen MR) is 70.9 cm³/mol. The Morgan fingerprint density at radius 3 is 2.35 bits per heavy atom. The molecule has 0 aliphatic rings. The summed E-state index contributed by atoms with van der Waals surface area (Å²) in [6, 6.07) is 13.9. The van der Waals surface area contributed by atoms with E-state index < -0.39 is 7.14 Å². The highest BCUT2D eigenvalue weighted by Crippen LogP contribution is 2.35. The van der Waals surface area contributed by atoms with Crippen LogP contribution in [0.3, 0.4) is 0 Å². The highest BCUT2D eigenvalue weighted by atomic mass is 31.2. The maximum Gasteiger partial charge on any atom is 0.131 e. The highest BCUT2D eigenvalue weighted by molar-refractivity contribution is 7.70. The molecular weight excluding hydrogens is 234 g/mol. The van der Waals surface area contributed by atoms with Crippen LogP contribution in [0.4, 0.5) is 4.39 Å². The summed E-state index contributed by atoms with van der Waals surface area (Å²) in [5, 5.41) is 0.776. The normalized spacial score (nSPS) is 11.5. The molecule has 0 spiro atoms. The number of hydrogen-bond acceptors (Lipinski definition) is 1. The van der Waals surface area contributed by atoms with E-state index in [0.29, 0.717) is 5.56 Å². The average Bonchev–Trinajstić information content (AvgIpc) is 2.29. The molecule has 0 aliphatic carbocycles. The van der Waals surface area contributed by atoms with Crippen molar-refractivity contribution in [3.63, 3.8) is 0 Å². The third kappa shape index (κ3) is 2.65. The smallest absolute Gasteiger partial charge is 0.131 e. The van der Waals surface area contributed by atoms with Crippen LogP contribution in [0.25, 0.3) is 11.1 Å². The van der Waals surface area contributed by atoms with Gasteiger partial charge in [-0.1, -0.05) is 36.4 Å². The van der Waals surface area contributed by atoms with Crippen LogP contribution in [-0.4, -0.2) is 13.3 Å². The average molecular weight is 248 g/mol. The molecule has 17 heavy (non-hydrogen) atoms. The molecule has 3 heteroatoms. The van der Waals surface area contributed by atoms with E-state index in [1.807, 2.05) is 18.2 Å². The zero-order valence-corrected chi connectivity index (χ0v) is 10.7. The maximum atomic E-state index is 13.6. The van der Waals surface area contributed by atoms with Crippen molar-refractivity contribution >= 4 is 12.4 Å². The Hall–Kier alpha value is -1.40. The zero-order chi connectivity index (χ0) is 12.5. The standard InChI is InChI=1S/C14H14FOP/c1-17(2,16)12-7-5-6-11(10-12)13-8-3-4-9-14(13)15/h3-10H,1-2H3. The van der Waals surface area contributed by atoms with Gasteiger partial charge in [-0.25, -0.2) is 4.39 Å². The van der Waals surface area contributed by atoms with Crippen LogP contribution in [0.15, 0.2) is 48.5 Å². The van der Waals surface area contributed by atoms with Crippen molar-refractivity contribution in [1.29, 1.82) is 0 Å². The summed E-state index contributed by atoms with van der Waals surface area (Å²) in [5.74, 6) is -0.258. The monoisotopic (exact) mass is 248 g/mol. The van der Waals surface area contributed by atoms with E-state index in [4.69, 9.17) is 0 Å². The van der Waals surface area contributed by atoms with Gasteiger partial charge in [-0.2, -0.15) is 0 Å². The third-order valence-electron chi connectivity index (χ3n) is 2.65. The highest BCUT2D eigenvalue weighted by Gasteiger charge is 2.12. The second-order valence-corrected chi connectivity index (χ2v) is 7.60. The summed E-state index contributed by atoms with van der Waals surface area (Å²) in [6.45, 7) is 3.43. The van der Waals surface area contributed by atoms with Gasteiger partial charge in [-0.15, -0.1) is 0 Å². The van der Waals surface area contributed by atoms with Crippen molar-refractivity contribution in [2.75, 3.05) is 13.3 Å². The van der Waals surface area contributed by atoms with Crippen LogP contribution >= 0.6 is 7.14 Å². The fourth-order valence-electron chi connectivity index (χ4n) is 1.70. The number of halogens is 1. The Balaban J connectivity index is 2.55. The summed E-state index contributed by atoms with van der Waals surface area (Å²) >= 11 is 0. The first-order valence-corrected chi connectivity index (χ1v) is 7.99. The van der Waals surface area contributed by atoms with Gasteiger partial charge in [0.1, 0.15) is 13.0 Å². The second-order valence-electron chi connectivity index (χ2n) is 4.38. The molecular formula is C14H14FOP. The Bertz CT molecular complexity index is 586. The van der Waals surface area contributed by atoms with Crippen molar-refractivity contribution in [2.45, 2.75) is 0 Å². The molecule has 88 valence electrons. The minimum Gasteiger partial charge on any atom is -0.319 e. The summed E-state index contributed by atoms with van der Waals surface area (Å²) < 4.78 is 25.6. The SMILES string of the molecule is CP(C)(=O)c1cccc(-c2ccccc2F)c1. The first-order valence-electron chi connectivity index (χ1n) is 5.39. The summed E-state index contributed by atoms with van der Waals surface area (Å²) in [6.07, 6.45) is 0. The summed E-state index contributed by atoms with van der Waals surface area (Å²) in [5.41, 5.74) is 1.31. The molecule has 0 atom stereocenters. The molecule has 1 nitrogen and oxygen atoms in total. The van der Waals surface area contributed by atoms with Gasteiger partial charge >= 0.3 is 0 Å². The second kappa shape index (κ2) is 4.46. The van der Waals surface area contributed by atoms with E-state index in [1.165, 1.54) is 6.07 Å². The summed E-state index contributed by atoms with van der Waals surface area (Å²) in [4.78, 5) is 0. The number of benzene rings is 2. The van der Waals surface area contributed by atoms with Crippen LogP contribution in [0.1, 0.15) is 0 Å². The van der Waals surface area contributed by atoms with E-state index >= 15 is 0 Å². The van der Waals surface area contributed by atoms with Gasteiger partial charge in [0, 0.05) is 10.9 Å². The van der Waals surface area contributed by atoms with Crippen molar-refractivity contribution in [1.82, 2.24) is 0 Å². The molecule has 0 N–H and O–H groups in total. The van der Waals surface area contributed by atoms with Gasteiger partial charge in [-0.3, -0.25) is 0 Å². The quantitative estimate of drug-likeness (QED) is 0.740. The molecule has 2 aromatic carbocycles. The van der Waals surface area contributed by atoms with Crippen molar-refractivity contribution in [3.8, 4) is 11.1 Å². The van der Waals surface area contributed by atoms with Gasteiger partial charge in [0.25, 0.3) is 0 Å². The van der Waals surface area contributed by atoms with Gasteiger partial charge in [0.05, 0.1) is 0 Å². The van der Waals surface area contributed by atoms with Gasteiger partial charge in [0.15, 0.2) is 0 Å². The first-order chi connectivity index (χ1) is 7.98. The van der Waals surface area contributed by atoms with E-state index in [9.17, 15) is 8.96 Å². The van der Waals surface area contributed by atoms with Gasteiger partial charge in [-0.05, 0) is 31.0 Å². The minimum absolute atomic E-state index is 0.258. The van der Waals surface area contributed by atoms with E-state index in [1.54, 1.807) is 37.6 Å². The number of hydrogen-bond donors (Lipinski definition) is 0. The third-order valence-corrected chi connectivity index (χ3v) is 4.17. The van der Waals surface area contributed by atoms with Crippen LogP contribution in [0, 0.1) is 5.82 Å². The lowest BCUT2D eigenvalue weighted by Gasteiger charge is -2.09. The Morgan fingerprint density at radius 2 is 1.71 bits per heavy atom. The lowest BCUT2D eigenvalue weighted by Crippen LogP contribution is -2.02. The number of rotatable bonds is 2. The van der Waals surface area contributed by atoms with Gasteiger partial charge in [0.2, 0.25) is 0 Å². The molecule has 0 unspecified atom stereocenters. The maximum absolute atomic E-state index is 13.6. The van der Waals surface area contributed by atoms with Crippen molar-refractivity contribution in [3.05, 3.63) is 54.3 Å². The van der Waals surface area contributed by atoms with Crippen LogP contribution < -0.4 is 5.30 Å². The van der Waals surface area contributed by atoms with Crippen molar-refractivity contribution < 1.29 is 8.96 Å². The first kappa shape index (κ1) is 12.1. The van der Waals surface area contributed by atoms with E-state index in [-0.39, 0.29) is 5.82 Å². The van der Waals surface area contributed by atoms with Crippen LogP contribution in [0.2, 0.25) is 0 Å².